The van der Waals surface area contributed by atoms with Crippen LogP contribution in [0.5, 0.6) is 0 Å². The number of anilines is 3. The summed E-state index contributed by atoms with van der Waals surface area (Å²) in [5.74, 6) is -2.10. The minimum absolute atomic E-state index is 0.0489. The number of pyridine rings is 1. The van der Waals surface area contributed by atoms with Crippen LogP contribution in [-0.2, 0) is 25.1 Å². The minimum Gasteiger partial charge on any atom is -0.355 e. The van der Waals surface area contributed by atoms with Crippen molar-refractivity contribution in [2.24, 2.45) is 5.92 Å². The fourth-order valence-electron chi connectivity index (χ4n) is 4.50. The van der Waals surface area contributed by atoms with Crippen molar-refractivity contribution in [1.82, 2.24) is 20.3 Å². The number of carbonyl (C=O) groups is 1. The van der Waals surface area contributed by atoms with Crippen molar-refractivity contribution in [1.29, 1.82) is 0 Å². The molecule has 1 aliphatic heterocycles. The summed E-state index contributed by atoms with van der Waals surface area (Å²) >= 11 is 0. The van der Waals surface area contributed by atoms with E-state index in [9.17, 15) is 26.4 Å². The van der Waals surface area contributed by atoms with Crippen molar-refractivity contribution < 1.29 is 31.1 Å². The average Bonchev–Trinajstić information content (AvgIpc) is 3.25. The number of benzene rings is 1. The zero-order valence-corrected chi connectivity index (χ0v) is 21.8. The second-order valence-corrected chi connectivity index (χ2v) is 12.4. The molecule has 38 heavy (non-hydrogen) atoms. The smallest absolute Gasteiger partial charge is 0.295 e. The van der Waals surface area contributed by atoms with Crippen molar-refractivity contribution in [2.45, 2.75) is 55.9 Å². The van der Waals surface area contributed by atoms with Gasteiger partial charge in [0, 0.05) is 17.9 Å². The molecule has 1 saturated heterocycles. The van der Waals surface area contributed by atoms with E-state index in [0.717, 1.165) is 6.26 Å². The molecule has 1 saturated carbocycles. The largest absolute Gasteiger partial charge is 0.355 e. The number of H-pyrrole nitrogens is 1. The Morgan fingerprint density at radius 2 is 1.89 bits per heavy atom. The molecule has 1 aliphatic carbocycles. The Morgan fingerprint density at radius 1 is 1.18 bits per heavy atom. The van der Waals surface area contributed by atoms with Crippen LogP contribution in [0.2, 0.25) is 0 Å². The highest BCUT2D eigenvalue weighted by Crippen LogP contribution is 2.38. The molecule has 10 nitrogen and oxygen atoms in total. The van der Waals surface area contributed by atoms with E-state index < -0.39 is 45.8 Å². The molecule has 4 N–H and O–H groups in total. The molecule has 0 radical (unpaired) electrons. The number of halogens is 3. The highest BCUT2D eigenvalue weighted by atomic mass is 32.2. The predicted molar refractivity (Wildman–Crippen MR) is 134 cm³/mol. The lowest BCUT2D eigenvalue weighted by Crippen LogP contribution is -2.44. The predicted octanol–water partition coefficient (Wildman–Crippen LogP) is 3.91. The Hall–Kier alpha value is -3.23. The molecule has 3 aromatic rings. The van der Waals surface area contributed by atoms with Crippen LogP contribution in [0, 0.1) is 5.92 Å². The first-order chi connectivity index (χ1) is 17.6. The van der Waals surface area contributed by atoms with Crippen LogP contribution in [0.25, 0.3) is 11.2 Å². The normalized spacial score (nSPS) is 24.6. The summed E-state index contributed by atoms with van der Waals surface area (Å²) < 4.78 is 71.7. The lowest BCUT2D eigenvalue weighted by molar-refractivity contribution is -0.117. The van der Waals surface area contributed by atoms with Gasteiger partial charge < -0.3 is 20.4 Å². The number of aromatic amines is 1. The number of nitrogens with zero attached hydrogens (tertiary/aromatic N) is 2. The number of hydrogen-bond donors (Lipinski definition) is 4. The third-order valence-electron chi connectivity index (χ3n) is 6.49. The Balaban J connectivity index is 1.56. The number of ether oxygens (including phenoxy) is 1. The van der Waals surface area contributed by atoms with E-state index in [1.165, 1.54) is 12.1 Å². The Labute approximate surface area is 216 Å². The fraction of sp³-hybridized carbons (Fsp3) is 0.458. The van der Waals surface area contributed by atoms with Gasteiger partial charge in [-0.2, -0.15) is 0 Å². The monoisotopic (exact) mass is 552 g/mol. The first-order valence-corrected chi connectivity index (χ1v) is 13.7. The molecular formula is C24H27F3N6O4S. The number of nitrogens with one attached hydrogen (secondary N) is 4. The summed E-state index contributed by atoms with van der Waals surface area (Å²) in [6, 6.07) is 6.06. The van der Waals surface area contributed by atoms with Gasteiger partial charge in [-0.25, -0.2) is 31.6 Å². The standard InChI is InChI=1S/C24H27F3N6O4S/c1-23(2)10-37-24(3,33-23)11-5-6-14(16(7-11)38(4,35)36)28-15-9-17(30-22(34)12-8-13(12)25)29-20-18(15)31-21(32-20)19(26)27/h5-7,9,12-13,19,33H,8,10H2,1-4H3,(H3,28,29,30,31,32,34)/t12-,13+,24?/m1/s1. The van der Waals surface area contributed by atoms with Gasteiger partial charge >= 0.3 is 0 Å². The van der Waals surface area contributed by atoms with Gasteiger partial charge in [-0.05, 0) is 44.9 Å². The third-order valence-corrected chi connectivity index (χ3v) is 7.62. The number of fused-ring (bicyclic) bond motifs is 1. The molecule has 0 bridgehead atoms. The number of amides is 1. The highest BCUT2D eigenvalue weighted by molar-refractivity contribution is 7.90. The first kappa shape index (κ1) is 26.4. The Kier molecular flexibility index (Phi) is 6.19. The molecule has 2 fully saturated rings. The molecule has 14 heteroatoms. The van der Waals surface area contributed by atoms with E-state index in [2.05, 4.69) is 30.9 Å². The maximum absolute atomic E-state index is 13.4. The van der Waals surface area contributed by atoms with Crippen LogP contribution in [0.15, 0.2) is 29.2 Å². The summed E-state index contributed by atoms with van der Waals surface area (Å²) in [7, 11) is -3.78. The van der Waals surface area contributed by atoms with Gasteiger partial charge in [0.25, 0.3) is 6.43 Å². The molecule has 3 atom stereocenters. The number of carbonyl (C=O) groups excluding carboxylic acids is 1. The van der Waals surface area contributed by atoms with Crippen LogP contribution in [0.4, 0.5) is 30.4 Å². The number of imidazole rings is 1. The van der Waals surface area contributed by atoms with Gasteiger partial charge in [-0.15, -0.1) is 0 Å². The van der Waals surface area contributed by atoms with Crippen molar-refractivity contribution in [3.8, 4) is 0 Å². The van der Waals surface area contributed by atoms with Gasteiger partial charge in [-0.3, -0.25) is 10.1 Å². The number of aromatic nitrogens is 3. The van der Waals surface area contributed by atoms with Crippen LogP contribution >= 0.6 is 0 Å². The summed E-state index contributed by atoms with van der Waals surface area (Å²) in [4.78, 5) is 22.6. The van der Waals surface area contributed by atoms with Gasteiger partial charge in [0.05, 0.1) is 28.8 Å². The average molecular weight is 553 g/mol. The van der Waals surface area contributed by atoms with Crippen molar-refractivity contribution >= 4 is 44.1 Å². The first-order valence-electron chi connectivity index (χ1n) is 11.8. The van der Waals surface area contributed by atoms with Crippen molar-refractivity contribution in [3.05, 3.63) is 35.7 Å². The SMILES string of the molecule is CC1(C)COC(C)(c2ccc(Nc3cc(NC(=O)[C@@H]4C[C@@H]4F)nc4nc(C(F)F)[nH]c34)c(S(C)(=O)=O)c2)N1. The zero-order chi connectivity index (χ0) is 27.6. The Bertz CT molecular complexity index is 1540. The highest BCUT2D eigenvalue weighted by Gasteiger charge is 2.44. The number of sulfone groups is 1. The molecule has 1 aromatic carbocycles. The zero-order valence-electron chi connectivity index (χ0n) is 21.0. The molecule has 1 amide bonds. The van der Waals surface area contributed by atoms with E-state index in [1.54, 1.807) is 19.1 Å². The molecule has 3 heterocycles. The fourth-order valence-corrected chi connectivity index (χ4v) is 5.36. The number of hydrogen-bond acceptors (Lipinski definition) is 8. The minimum atomic E-state index is -3.78. The molecule has 204 valence electrons. The number of alkyl halides is 3. The molecule has 1 unspecified atom stereocenters. The molecule has 5 rings (SSSR count). The topological polar surface area (TPSA) is 138 Å². The van der Waals surface area contributed by atoms with E-state index in [4.69, 9.17) is 4.74 Å². The van der Waals surface area contributed by atoms with Crippen LogP contribution < -0.4 is 16.0 Å². The van der Waals surface area contributed by atoms with Crippen LogP contribution in [-0.4, -0.2) is 53.9 Å². The second-order valence-electron chi connectivity index (χ2n) is 10.5. The molecular weight excluding hydrogens is 525 g/mol. The quantitative estimate of drug-likeness (QED) is 0.346. The molecule has 0 spiro atoms. The summed E-state index contributed by atoms with van der Waals surface area (Å²) in [5, 5.41) is 8.80. The van der Waals surface area contributed by atoms with E-state index in [1.807, 2.05) is 13.8 Å². The third kappa shape index (κ3) is 5.07. The van der Waals surface area contributed by atoms with Gasteiger partial charge in [0.2, 0.25) is 5.91 Å². The maximum Gasteiger partial charge on any atom is 0.295 e. The summed E-state index contributed by atoms with van der Waals surface area (Å²) in [5.41, 5.74) is -0.455. The molecule has 2 aliphatic rings. The van der Waals surface area contributed by atoms with E-state index in [0.29, 0.717) is 12.2 Å². The second kappa shape index (κ2) is 8.92. The van der Waals surface area contributed by atoms with E-state index >= 15 is 0 Å². The lowest BCUT2D eigenvalue weighted by atomic mass is 10.0. The summed E-state index contributed by atoms with van der Waals surface area (Å²) in [6.07, 6.45) is -3.03. The van der Waals surface area contributed by atoms with Gasteiger partial charge in [-0.1, -0.05) is 6.07 Å². The lowest BCUT2D eigenvalue weighted by Gasteiger charge is -2.28. The van der Waals surface area contributed by atoms with E-state index in [-0.39, 0.29) is 45.2 Å². The van der Waals surface area contributed by atoms with Gasteiger partial charge in [0.15, 0.2) is 21.3 Å². The van der Waals surface area contributed by atoms with Crippen molar-refractivity contribution in [2.75, 3.05) is 23.5 Å². The molecule has 2 aromatic heterocycles. The summed E-state index contributed by atoms with van der Waals surface area (Å²) in [6.45, 7) is 6.14. The number of rotatable bonds is 7. The maximum atomic E-state index is 13.4. The van der Waals surface area contributed by atoms with Gasteiger partial charge in [0.1, 0.15) is 23.2 Å². The van der Waals surface area contributed by atoms with Crippen LogP contribution in [0.3, 0.4) is 0 Å². The Morgan fingerprint density at radius 3 is 2.47 bits per heavy atom. The van der Waals surface area contributed by atoms with Crippen molar-refractivity contribution in [3.63, 3.8) is 0 Å². The van der Waals surface area contributed by atoms with Crippen LogP contribution in [0.1, 0.15) is 45.0 Å².